The summed E-state index contributed by atoms with van der Waals surface area (Å²) in [6.45, 7) is 8.95. The minimum Gasteiger partial charge on any atom is -0.497 e. The monoisotopic (exact) mass is 382 g/mol. The Morgan fingerprint density at radius 2 is 2.07 bits per heavy atom. The summed E-state index contributed by atoms with van der Waals surface area (Å²) in [6.07, 6.45) is 2.38. The predicted molar refractivity (Wildman–Crippen MR) is 110 cm³/mol. The number of carbonyl (C=O) groups excluding carboxylic acids is 1. The molecule has 1 heterocycles. The van der Waals surface area contributed by atoms with Crippen LogP contribution >= 0.6 is 0 Å². The molecule has 4 atom stereocenters. The normalized spacial score (nSPS) is 27.8. The summed E-state index contributed by atoms with van der Waals surface area (Å²) in [6, 6.07) is 7.81. The van der Waals surface area contributed by atoms with Crippen LogP contribution in [0.3, 0.4) is 0 Å². The number of hydrogen-bond acceptors (Lipinski definition) is 4. The van der Waals surface area contributed by atoms with Crippen LogP contribution in [0.15, 0.2) is 24.3 Å². The number of aryl methyl sites for hydroxylation is 1. The number of nitrogens with zero attached hydrogens (tertiary/aromatic N) is 1. The predicted octanol–water partition coefficient (Wildman–Crippen LogP) is 4.12. The Morgan fingerprint density at radius 1 is 1.29 bits per heavy atom. The molecule has 2 aromatic rings. The summed E-state index contributed by atoms with van der Waals surface area (Å²) in [5, 5.41) is 4.07. The van der Waals surface area contributed by atoms with Crippen molar-refractivity contribution in [2.24, 2.45) is 23.2 Å². The lowest BCUT2D eigenvalue weighted by Crippen LogP contribution is -2.61. The molecule has 1 amide bonds. The molecule has 3 aliphatic rings. The number of ether oxygens (including phenoxy) is 2. The molecule has 1 N–H and O–H groups in total. The highest BCUT2D eigenvalue weighted by Crippen LogP contribution is 2.61. The topological polar surface area (TPSA) is 60.5 Å². The number of methoxy groups -OCH3 is 1. The van der Waals surface area contributed by atoms with Gasteiger partial charge in [-0.1, -0.05) is 20.8 Å². The van der Waals surface area contributed by atoms with Gasteiger partial charge in [-0.15, -0.1) is 0 Å². The molecule has 3 aliphatic carbocycles. The SMILES string of the molecule is COc1ccc2nc(C)cc(OCC(=O)N[C@H]3C[C@H]4C[C@@H]([C@@H]3C)C4(C)C)c2c1. The third-order valence-corrected chi connectivity index (χ3v) is 7.17. The molecular weight excluding hydrogens is 352 g/mol. The number of pyridine rings is 1. The van der Waals surface area contributed by atoms with Crippen molar-refractivity contribution >= 4 is 16.8 Å². The molecule has 2 bridgehead atoms. The average Bonchev–Trinajstić information content (AvgIpc) is 2.66. The Labute approximate surface area is 166 Å². The molecule has 0 aliphatic heterocycles. The zero-order chi connectivity index (χ0) is 20.1. The van der Waals surface area contributed by atoms with E-state index in [1.165, 1.54) is 6.42 Å². The maximum Gasteiger partial charge on any atom is 0.258 e. The first kappa shape index (κ1) is 19.0. The standard InChI is InChI=1S/C23H30N2O3/c1-13-8-21(17-11-16(27-5)6-7-19(17)24-13)28-12-22(26)25-20-10-15-9-18(14(20)2)23(15,3)4/h6-8,11,14-15,18,20H,9-10,12H2,1-5H3,(H,25,26)/t14-,15+,18-,20-/m0/s1. The smallest absolute Gasteiger partial charge is 0.258 e. The van der Waals surface area contributed by atoms with Gasteiger partial charge in [0.25, 0.3) is 5.91 Å². The van der Waals surface area contributed by atoms with Gasteiger partial charge >= 0.3 is 0 Å². The molecule has 5 heteroatoms. The van der Waals surface area contributed by atoms with Crippen LogP contribution in [0.5, 0.6) is 11.5 Å². The zero-order valence-electron chi connectivity index (χ0n) is 17.4. The Bertz CT molecular complexity index is 908. The lowest BCUT2D eigenvalue weighted by atomic mass is 9.45. The van der Waals surface area contributed by atoms with Gasteiger partial charge < -0.3 is 14.8 Å². The highest BCUT2D eigenvalue weighted by atomic mass is 16.5. The number of carbonyl (C=O) groups is 1. The van der Waals surface area contributed by atoms with E-state index in [2.05, 4.69) is 31.1 Å². The van der Waals surface area contributed by atoms with E-state index in [4.69, 9.17) is 9.47 Å². The van der Waals surface area contributed by atoms with E-state index < -0.39 is 0 Å². The summed E-state index contributed by atoms with van der Waals surface area (Å²) in [4.78, 5) is 17.1. The number of benzene rings is 1. The number of amides is 1. The third kappa shape index (κ3) is 3.21. The Kier molecular flexibility index (Phi) is 4.72. The van der Waals surface area contributed by atoms with E-state index in [0.29, 0.717) is 23.0 Å². The maximum atomic E-state index is 12.6. The fourth-order valence-electron chi connectivity index (χ4n) is 5.28. The highest BCUT2D eigenvalue weighted by molar-refractivity contribution is 5.87. The molecule has 150 valence electrons. The minimum absolute atomic E-state index is 0.0116. The summed E-state index contributed by atoms with van der Waals surface area (Å²) in [5.74, 6) is 3.29. The number of aromatic nitrogens is 1. The lowest BCUT2D eigenvalue weighted by Gasteiger charge is -2.62. The van der Waals surface area contributed by atoms with Gasteiger partial charge in [0.1, 0.15) is 11.5 Å². The maximum absolute atomic E-state index is 12.6. The molecular formula is C23H30N2O3. The van der Waals surface area contributed by atoms with Crippen LogP contribution in [0.2, 0.25) is 0 Å². The summed E-state index contributed by atoms with van der Waals surface area (Å²) in [5.41, 5.74) is 2.11. The molecule has 3 fully saturated rings. The van der Waals surface area contributed by atoms with E-state index in [9.17, 15) is 4.79 Å². The molecule has 0 spiro atoms. The van der Waals surface area contributed by atoms with Gasteiger partial charge in [0.05, 0.1) is 12.6 Å². The third-order valence-electron chi connectivity index (χ3n) is 7.17. The van der Waals surface area contributed by atoms with Crippen molar-refractivity contribution in [1.29, 1.82) is 0 Å². The van der Waals surface area contributed by atoms with Gasteiger partial charge in [0.2, 0.25) is 0 Å². The van der Waals surface area contributed by atoms with E-state index in [-0.39, 0.29) is 18.6 Å². The van der Waals surface area contributed by atoms with E-state index in [1.54, 1.807) is 7.11 Å². The van der Waals surface area contributed by atoms with Crippen LogP contribution in [0.4, 0.5) is 0 Å². The molecule has 0 unspecified atom stereocenters. The summed E-state index contributed by atoms with van der Waals surface area (Å²) >= 11 is 0. The van der Waals surface area contributed by atoms with Gasteiger partial charge in [-0.2, -0.15) is 0 Å². The first-order chi connectivity index (χ1) is 13.3. The first-order valence-corrected chi connectivity index (χ1v) is 10.2. The second kappa shape index (κ2) is 6.94. The van der Waals surface area contributed by atoms with Crippen LogP contribution < -0.4 is 14.8 Å². The van der Waals surface area contributed by atoms with Crippen LogP contribution in [-0.2, 0) is 4.79 Å². The molecule has 5 rings (SSSR count). The zero-order valence-corrected chi connectivity index (χ0v) is 17.4. The highest BCUT2D eigenvalue weighted by Gasteiger charge is 2.56. The first-order valence-electron chi connectivity index (χ1n) is 10.2. The Hall–Kier alpha value is -2.30. The van der Waals surface area contributed by atoms with Gasteiger partial charge in [-0.05, 0) is 61.1 Å². The molecule has 0 saturated heterocycles. The molecule has 1 aromatic carbocycles. The Balaban J connectivity index is 1.43. The fourth-order valence-corrected chi connectivity index (χ4v) is 5.28. The number of rotatable bonds is 5. The molecule has 28 heavy (non-hydrogen) atoms. The van der Waals surface area contributed by atoms with Crippen molar-refractivity contribution in [1.82, 2.24) is 10.3 Å². The number of nitrogens with one attached hydrogen (secondary N) is 1. The average molecular weight is 383 g/mol. The van der Waals surface area contributed by atoms with Gasteiger partial charge in [0.15, 0.2) is 6.61 Å². The molecule has 5 nitrogen and oxygen atoms in total. The second-order valence-electron chi connectivity index (χ2n) is 9.06. The van der Waals surface area contributed by atoms with E-state index in [0.717, 1.165) is 34.7 Å². The van der Waals surface area contributed by atoms with Gasteiger partial charge in [0, 0.05) is 23.2 Å². The quantitative estimate of drug-likeness (QED) is 0.845. The molecule has 1 aromatic heterocycles. The lowest BCUT2D eigenvalue weighted by molar-refractivity contribution is -0.135. The molecule has 3 saturated carbocycles. The Morgan fingerprint density at radius 3 is 2.75 bits per heavy atom. The van der Waals surface area contributed by atoms with E-state index in [1.807, 2.05) is 31.2 Å². The second-order valence-corrected chi connectivity index (χ2v) is 9.06. The van der Waals surface area contributed by atoms with Crippen molar-refractivity contribution in [3.05, 3.63) is 30.0 Å². The van der Waals surface area contributed by atoms with Gasteiger partial charge in [-0.25, -0.2) is 0 Å². The van der Waals surface area contributed by atoms with Crippen LogP contribution in [-0.4, -0.2) is 30.6 Å². The van der Waals surface area contributed by atoms with Crippen molar-refractivity contribution in [2.75, 3.05) is 13.7 Å². The van der Waals surface area contributed by atoms with E-state index >= 15 is 0 Å². The molecule has 0 radical (unpaired) electrons. The fraction of sp³-hybridized carbons (Fsp3) is 0.565. The van der Waals surface area contributed by atoms with Crippen molar-refractivity contribution in [3.63, 3.8) is 0 Å². The largest absolute Gasteiger partial charge is 0.497 e. The van der Waals surface area contributed by atoms with Crippen LogP contribution in [0, 0.1) is 30.1 Å². The van der Waals surface area contributed by atoms with Crippen molar-refractivity contribution < 1.29 is 14.3 Å². The summed E-state index contributed by atoms with van der Waals surface area (Å²) < 4.78 is 11.2. The van der Waals surface area contributed by atoms with Crippen LogP contribution in [0.25, 0.3) is 10.9 Å². The van der Waals surface area contributed by atoms with Crippen LogP contribution in [0.1, 0.15) is 39.3 Å². The van der Waals surface area contributed by atoms with Crippen molar-refractivity contribution in [3.8, 4) is 11.5 Å². The van der Waals surface area contributed by atoms with Crippen molar-refractivity contribution in [2.45, 2.75) is 46.6 Å². The minimum atomic E-state index is -0.0542. The summed E-state index contributed by atoms with van der Waals surface area (Å²) in [7, 11) is 1.63. The number of fused-ring (bicyclic) bond motifs is 3. The number of hydrogen-bond donors (Lipinski definition) is 1. The van der Waals surface area contributed by atoms with Gasteiger partial charge in [-0.3, -0.25) is 9.78 Å².